The maximum Gasteiger partial charge on any atom is 0.234 e. The Balaban J connectivity index is 2.42. The number of rotatable bonds is 4. The van der Waals surface area contributed by atoms with Crippen LogP contribution in [0.4, 0.5) is 0 Å². The number of aliphatic hydroxyl groups is 1. The predicted molar refractivity (Wildman–Crippen MR) is 68.7 cm³/mol. The van der Waals surface area contributed by atoms with E-state index in [2.05, 4.69) is 17.2 Å². The molecule has 5 heteroatoms. The van der Waals surface area contributed by atoms with Crippen molar-refractivity contribution in [1.82, 2.24) is 10.2 Å². The van der Waals surface area contributed by atoms with Gasteiger partial charge in [-0.15, -0.1) is 11.3 Å². The number of carbonyl (C=O) groups excluding carboxylic acids is 1. The fourth-order valence-electron chi connectivity index (χ4n) is 1.20. The molecule has 0 saturated carbocycles. The molecule has 0 bridgehead atoms. The molecule has 0 saturated heterocycles. The second-order valence-electron chi connectivity index (χ2n) is 3.74. The van der Waals surface area contributed by atoms with Gasteiger partial charge >= 0.3 is 0 Å². The fourth-order valence-corrected chi connectivity index (χ4v) is 2.02. The van der Waals surface area contributed by atoms with Gasteiger partial charge in [-0.2, -0.15) is 0 Å². The van der Waals surface area contributed by atoms with Gasteiger partial charge in [-0.1, -0.05) is 11.8 Å². The first-order valence-corrected chi connectivity index (χ1v) is 6.03. The lowest BCUT2D eigenvalue weighted by Crippen LogP contribution is -2.32. The van der Waals surface area contributed by atoms with E-state index in [0.717, 1.165) is 9.75 Å². The fraction of sp³-hybridized carbons (Fsp3) is 0.417. The zero-order valence-corrected chi connectivity index (χ0v) is 10.8. The number of carbonyl (C=O) groups is 1. The van der Waals surface area contributed by atoms with Crippen molar-refractivity contribution in [3.05, 3.63) is 21.9 Å². The monoisotopic (exact) mass is 252 g/mol. The Morgan fingerprint density at radius 2 is 2.29 bits per heavy atom. The minimum atomic E-state index is -0.132. The summed E-state index contributed by atoms with van der Waals surface area (Å²) in [6.07, 6.45) is 0. The molecule has 0 unspecified atom stereocenters. The molecule has 4 nitrogen and oxygen atoms in total. The molecule has 0 atom stereocenters. The standard InChI is InChI=1S/C12H16N2O2S/c1-14(2)9-12(16)13-8-11-6-5-10(17-11)4-3-7-15/h5-6,15H,7-9H2,1-2H3,(H,13,16). The molecule has 0 fully saturated rings. The van der Waals surface area contributed by atoms with Gasteiger partial charge in [0.1, 0.15) is 6.61 Å². The van der Waals surface area contributed by atoms with Crippen molar-refractivity contribution in [3.63, 3.8) is 0 Å². The third kappa shape index (κ3) is 5.50. The van der Waals surface area contributed by atoms with Gasteiger partial charge in [0.15, 0.2) is 0 Å². The van der Waals surface area contributed by atoms with Crippen LogP contribution in [-0.4, -0.2) is 43.2 Å². The summed E-state index contributed by atoms with van der Waals surface area (Å²) in [5.74, 6) is 5.43. The highest BCUT2D eigenvalue weighted by Gasteiger charge is 2.03. The van der Waals surface area contributed by atoms with Crippen molar-refractivity contribution < 1.29 is 9.90 Å². The van der Waals surface area contributed by atoms with Crippen LogP contribution in [-0.2, 0) is 11.3 Å². The van der Waals surface area contributed by atoms with Crippen LogP contribution in [0, 0.1) is 11.8 Å². The van der Waals surface area contributed by atoms with Gasteiger partial charge in [0.2, 0.25) is 5.91 Å². The van der Waals surface area contributed by atoms with Crippen LogP contribution in [0.3, 0.4) is 0 Å². The van der Waals surface area contributed by atoms with Crippen LogP contribution in [0.1, 0.15) is 9.75 Å². The lowest BCUT2D eigenvalue weighted by molar-refractivity contribution is -0.121. The Morgan fingerprint density at radius 3 is 2.94 bits per heavy atom. The first kappa shape index (κ1) is 13.7. The molecule has 1 amide bonds. The predicted octanol–water partition coefficient (Wildman–Crippen LogP) is 0.270. The van der Waals surface area contributed by atoms with E-state index in [4.69, 9.17) is 5.11 Å². The van der Waals surface area contributed by atoms with Crippen molar-refractivity contribution in [3.8, 4) is 11.8 Å². The molecular weight excluding hydrogens is 236 g/mol. The van der Waals surface area contributed by atoms with Gasteiger partial charge in [0.05, 0.1) is 18.0 Å². The van der Waals surface area contributed by atoms with E-state index in [1.807, 2.05) is 31.1 Å². The van der Waals surface area contributed by atoms with E-state index in [9.17, 15) is 4.79 Å². The number of hydrogen-bond donors (Lipinski definition) is 2. The van der Waals surface area contributed by atoms with Crippen LogP contribution < -0.4 is 5.32 Å². The molecule has 17 heavy (non-hydrogen) atoms. The largest absolute Gasteiger partial charge is 0.384 e. The number of aliphatic hydroxyl groups excluding tert-OH is 1. The molecule has 0 aliphatic heterocycles. The summed E-state index contributed by atoms with van der Waals surface area (Å²) in [6, 6.07) is 3.82. The Labute approximate surface area is 105 Å². The Kier molecular flexibility index (Phi) is 5.70. The lowest BCUT2D eigenvalue weighted by Gasteiger charge is -2.08. The molecule has 0 aliphatic carbocycles. The van der Waals surface area contributed by atoms with Gasteiger partial charge < -0.3 is 15.3 Å². The number of amides is 1. The summed E-state index contributed by atoms with van der Waals surface area (Å²) in [5.41, 5.74) is 0. The molecule has 1 heterocycles. The Hall–Kier alpha value is -1.35. The SMILES string of the molecule is CN(C)CC(=O)NCc1ccc(C#CCO)s1. The normalized spacial score (nSPS) is 9.88. The van der Waals surface area contributed by atoms with E-state index in [-0.39, 0.29) is 12.5 Å². The first-order chi connectivity index (χ1) is 8.11. The van der Waals surface area contributed by atoms with E-state index < -0.39 is 0 Å². The summed E-state index contributed by atoms with van der Waals surface area (Å²) in [6.45, 7) is 0.785. The van der Waals surface area contributed by atoms with Crippen LogP contribution in [0.15, 0.2) is 12.1 Å². The van der Waals surface area contributed by atoms with Gasteiger partial charge in [0.25, 0.3) is 0 Å². The summed E-state index contributed by atoms with van der Waals surface area (Å²) >= 11 is 1.52. The molecule has 0 radical (unpaired) electrons. The zero-order chi connectivity index (χ0) is 12.7. The number of nitrogens with one attached hydrogen (secondary N) is 1. The van der Waals surface area contributed by atoms with Gasteiger partial charge in [-0.25, -0.2) is 0 Å². The van der Waals surface area contributed by atoms with Crippen molar-refractivity contribution >= 4 is 17.2 Å². The molecular formula is C12H16N2O2S. The lowest BCUT2D eigenvalue weighted by atomic mass is 10.4. The molecule has 0 aromatic carbocycles. The molecule has 0 spiro atoms. The van der Waals surface area contributed by atoms with Gasteiger partial charge in [-0.05, 0) is 26.2 Å². The van der Waals surface area contributed by atoms with Crippen molar-refractivity contribution in [2.45, 2.75) is 6.54 Å². The Bertz CT molecular complexity index is 429. The third-order valence-electron chi connectivity index (χ3n) is 1.87. The quantitative estimate of drug-likeness (QED) is 0.756. The second kappa shape index (κ2) is 7.07. The number of thiophene rings is 1. The maximum absolute atomic E-state index is 11.4. The smallest absolute Gasteiger partial charge is 0.234 e. The number of nitrogens with zero attached hydrogens (tertiary/aromatic N) is 1. The summed E-state index contributed by atoms with van der Waals surface area (Å²) in [4.78, 5) is 15.2. The molecule has 92 valence electrons. The summed E-state index contributed by atoms with van der Waals surface area (Å²) in [7, 11) is 3.71. The van der Waals surface area contributed by atoms with Gasteiger partial charge in [-0.3, -0.25) is 4.79 Å². The summed E-state index contributed by atoms with van der Waals surface area (Å²) < 4.78 is 0. The van der Waals surface area contributed by atoms with Gasteiger partial charge in [0, 0.05) is 4.88 Å². The highest BCUT2D eigenvalue weighted by Crippen LogP contribution is 2.14. The highest BCUT2D eigenvalue weighted by molar-refractivity contribution is 7.12. The minimum Gasteiger partial charge on any atom is -0.384 e. The molecule has 1 aromatic heterocycles. The number of hydrogen-bond acceptors (Lipinski definition) is 4. The van der Waals surface area contributed by atoms with Crippen molar-refractivity contribution in [2.75, 3.05) is 27.2 Å². The number of likely N-dealkylation sites (N-methyl/N-ethyl adjacent to an activating group) is 1. The van der Waals surface area contributed by atoms with Crippen molar-refractivity contribution in [2.24, 2.45) is 0 Å². The van der Waals surface area contributed by atoms with E-state index >= 15 is 0 Å². The van der Waals surface area contributed by atoms with E-state index in [1.54, 1.807) is 0 Å². The van der Waals surface area contributed by atoms with Crippen LogP contribution in [0.2, 0.25) is 0 Å². The van der Waals surface area contributed by atoms with Crippen molar-refractivity contribution in [1.29, 1.82) is 0 Å². The summed E-state index contributed by atoms with van der Waals surface area (Å²) in [5, 5.41) is 11.4. The highest BCUT2D eigenvalue weighted by atomic mass is 32.1. The average Bonchev–Trinajstić information content (AvgIpc) is 2.70. The first-order valence-electron chi connectivity index (χ1n) is 5.21. The molecule has 1 rings (SSSR count). The van der Waals surface area contributed by atoms with Crippen LogP contribution in [0.5, 0.6) is 0 Å². The molecule has 1 aromatic rings. The zero-order valence-electron chi connectivity index (χ0n) is 9.99. The second-order valence-corrected chi connectivity index (χ2v) is 4.91. The topological polar surface area (TPSA) is 52.6 Å². The van der Waals surface area contributed by atoms with Crippen LogP contribution in [0.25, 0.3) is 0 Å². The van der Waals surface area contributed by atoms with Crippen LogP contribution >= 0.6 is 11.3 Å². The van der Waals surface area contributed by atoms with E-state index in [1.165, 1.54) is 11.3 Å². The third-order valence-corrected chi connectivity index (χ3v) is 2.87. The minimum absolute atomic E-state index is 0.00592. The molecule has 0 aliphatic rings. The maximum atomic E-state index is 11.4. The van der Waals surface area contributed by atoms with E-state index in [0.29, 0.717) is 13.1 Å². The molecule has 2 N–H and O–H groups in total. The average molecular weight is 252 g/mol. The Morgan fingerprint density at radius 1 is 1.53 bits per heavy atom.